The molecule has 0 aromatic heterocycles. The Bertz CT molecular complexity index is 714. The maximum Gasteiger partial charge on any atom is 0.0831 e. The van der Waals surface area contributed by atoms with Crippen molar-refractivity contribution in [2.75, 3.05) is 13.3 Å². The predicted molar refractivity (Wildman–Crippen MR) is 104 cm³/mol. The number of allylic oxidation sites excluding steroid dienone is 5. The number of aliphatic hydroxyl groups excluding tert-OH is 1. The van der Waals surface area contributed by atoms with Crippen molar-refractivity contribution in [3.05, 3.63) is 81.9 Å². The van der Waals surface area contributed by atoms with E-state index in [-0.39, 0.29) is 0 Å². The number of nitrogens with one attached hydrogen (secondary N) is 2. The molecular weight excluding hydrogens is 316 g/mol. The summed E-state index contributed by atoms with van der Waals surface area (Å²) in [5, 5.41) is 22.1. The Morgan fingerprint density at radius 3 is 2.62 bits per heavy atom. The third-order valence-electron chi connectivity index (χ3n) is 3.99. The lowest BCUT2D eigenvalue weighted by molar-refractivity contribution is 0.215. The van der Waals surface area contributed by atoms with Crippen molar-refractivity contribution in [3.8, 4) is 0 Å². The molecule has 24 heavy (non-hydrogen) atoms. The minimum absolute atomic E-state index is 0.426. The molecule has 1 aliphatic carbocycles. The van der Waals surface area contributed by atoms with Crippen LogP contribution in [-0.4, -0.2) is 30.2 Å². The fourth-order valence-corrected chi connectivity index (χ4v) is 3.05. The van der Waals surface area contributed by atoms with Gasteiger partial charge >= 0.3 is 0 Å². The van der Waals surface area contributed by atoms with Crippen LogP contribution in [0.5, 0.6) is 0 Å². The first-order valence-corrected chi connectivity index (χ1v) is 9.14. The van der Waals surface area contributed by atoms with Gasteiger partial charge in [-0.05, 0) is 36.8 Å². The van der Waals surface area contributed by atoms with Crippen LogP contribution < -0.4 is 5.32 Å². The summed E-state index contributed by atoms with van der Waals surface area (Å²) >= 11 is 1.65. The second-order valence-corrected chi connectivity index (χ2v) is 6.55. The summed E-state index contributed by atoms with van der Waals surface area (Å²) in [4.78, 5) is 1.12. The van der Waals surface area contributed by atoms with Crippen LogP contribution >= 0.6 is 11.8 Å². The molecular formula is C20H24N2OS. The van der Waals surface area contributed by atoms with Crippen molar-refractivity contribution in [1.29, 1.82) is 5.41 Å². The lowest BCUT2D eigenvalue weighted by atomic mass is 9.90. The second kappa shape index (κ2) is 8.71. The van der Waals surface area contributed by atoms with Gasteiger partial charge in [0.2, 0.25) is 0 Å². The van der Waals surface area contributed by atoms with Gasteiger partial charge in [-0.15, -0.1) is 11.8 Å². The zero-order valence-corrected chi connectivity index (χ0v) is 15.2. The SMILES string of the molecule is CNC(/C(=C\C(=N)c1ccccc1)C1=CC=CCC1O)=C(/C)SC. The highest BCUT2D eigenvalue weighted by molar-refractivity contribution is 8.02. The molecule has 1 aromatic carbocycles. The first kappa shape index (κ1) is 18.3. The number of rotatable bonds is 6. The van der Waals surface area contributed by atoms with E-state index in [2.05, 4.69) is 5.32 Å². The summed E-state index contributed by atoms with van der Waals surface area (Å²) in [5.74, 6) is 0. The molecule has 126 valence electrons. The minimum atomic E-state index is -0.553. The van der Waals surface area contributed by atoms with Gasteiger partial charge in [0.15, 0.2) is 0 Å². The standard InChI is InChI=1S/C20H24N2OS/c1-14(24-3)20(22-2)17(16-11-7-8-12-19(16)23)13-18(21)15-9-5-4-6-10-15/h4-11,13,19,21-23H,12H2,1-3H3/b17-13-,20-14-,21-18?. The molecule has 3 nitrogen and oxygen atoms in total. The third-order valence-corrected chi connectivity index (χ3v) is 4.81. The van der Waals surface area contributed by atoms with Gasteiger partial charge in [0.05, 0.1) is 17.5 Å². The van der Waals surface area contributed by atoms with Crippen LogP contribution in [0, 0.1) is 5.41 Å². The van der Waals surface area contributed by atoms with Crippen molar-refractivity contribution in [3.63, 3.8) is 0 Å². The van der Waals surface area contributed by atoms with Crippen molar-refractivity contribution in [1.82, 2.24) is 5.32 Å². The topological polar surface area (TPSA) is 56.1 Å². The molecule has 0 aliphatic heterocycles. The Balaban J connectivity index is 2.55. The Morgan fingerprint density at radius 2 is 2.04 bits per heavy atom. The Kier molecular flexibility index (Phi) is 6.64. The molecule has 0 saturated carbocycles. The summed E-state index contributed by atoms with van der Waals surface area (Å²) in [6, 6.07) is 9.64. The molecule has 0 saturated heterocycles. The lowest BCUT2D eigenvalue weighted by Gasteiger charge is -2.23. The largest absolute Gasteiger partial charge is 0.388 e. The number of hydrogen-bond donors (Lipinski definition) is 3. The molecule has 1 aromatic rings. The van der Waals surface area contributed by atoms with E-state index in [1.165, 1.54) is 0 Å². The van der Waals surface area contributed by atoms with Crippen LogP contribution in [0.3, 0.4) is 0 Å². The maximum atomic E-state index is 10.4. The number of hydrogen-bond acceptors (Lipinski definition) is 4. The van der Waals surface area contributed by atoms with Crippen LogP contribution in [0.25, 0.3) is 0 Å². The summed E-state index contributed by atoms with van der Waals surface area (Å²) in [7, 11) is 1.88. The molecule has 1 unspecified atom stereocenters. The Morgan fingerprint density at radius 1 is 1.33 bits per heavy atom. The van der Waals surface area contributed by atoms with E-state index >= 15 is 0 Å². The quantitative estimate of drug-likeness (QED) is 0.541. The molecule has 0 amide bonds. The minimum Gasteiger partial charge on any atom is -0.388 e. The molecule has 0 fully saturated rings. The Hall–Kier alpha value is -2.04. The molecule has 4 heteroatoms. The zero-order chi connectivity index (χ0) is 17.5. The van der Waals surface area contributed by atoms with Gasteiger partial charge < -0.3 is 15.8 Å². The van der Waals surface area contributed by atoms with Crippen LogP contribution in [0.2, 0.25) is 0 Å². The van der Waals surface area contributed by atoms with E-state index in [1.807, 2.05) is 74.9 Å². The van der Waals surface area contributed by atoms with E-state index in [1.54, 1.807) is 11.8 Å². The van der Waals surface area contributed by atoms with Crippen molar-refractivity contribution < 1.29 is 5.11 Å². The highest BCUT2D eigenvalue weighted by atomic mass is 32.2. The van der Waals surface area contributed by atoms with Crippen LogP contribution in [0.15, 0.2) is 76.4 Å². The first-order chi connectivity index (χ1) is 11.6. The van der Waals surface area contributed by atoms with Gasteiger partial charge in [0.1, 0.15) is 0 Å². The van der Waals surface area contributed by atoms with Crippen molar-refractivity contribution in [2.24, 2.45) is 0 Å². The molecule has 0 bridgehead atoms. The summed E-state index contributed by atoms with van der Waals surface area (Å²) in [6.07, 6.45) is 9.76. The summed E-state index contributed by atoms with van der Waals surface area (Å²) < 4.78 is 0. The van der Waals surface area contributed by atoms with Gasteiger partial charge in [0, 0.05) is 17.5 Å². The summed E-state index contributed by atoms with van der Waals surface area (Å²) in [6.45, 7) is 2.04. The van der Waals surface area contributed by atoms with E-state index in [0.717, 1.165) is 27.3 Å². The van der Waals surface area contributed by atoms with E-state index < -0.39 is 6.10 Å². The average Bonchev–Trinajstić information content (AvgIpc) is 2.62. The molecule has 0 spiro atoms. The molecule has 3 N–H and O–H groups in total. The highest BCUT2D eigenvalue weighted by Crippen LogP contribution is 2.30. The highest BCUT2D eigenvalue weighted by Gasteiger charge is 2.20. The molecule has 0 heterocycles. The van der Waals surface area contributed by atoms with E-state index in [4.69, 9.17) is 5.41 Å². The number of aliphatic hydroxyl groups is 1. The molecule has 0 radical (unpaired) electrons. The zero-order valence-electron chi connectivity index (χ0n) is 14.3. The van der Waals surface area contributed by atoms with Crippen molar-refractivity contribution >= 4 is 17.5 Å². The second-order valence-electron chi connectivity index (χ2n) is 5.52. The summed E-state index contributed by atoms with van der Waals surface area (Å²) in [5.41, 5.74) is 3.94. The van der Waals surface area contributed by atoms with Gasteiger partial charge in [-0.2, -0.15) is 0 Å². The number of thioether (sulfide) groups is 1. The number of benzene rings is 1. The van der Waals surface area contributed by atoms with Crippen molar-refractivity contribution in [2.45, 2.75) is 19.4 Å². The molecule has 1 atom stereocenters. The van der Waals surface area contributed by atoms with Crippen LogP contribution in [0.1, 0.15) is 18.9 Å². The fraction of sp³-hybridized carbons (Fsp3) is 0.250. The maximum absolute atomic E-state index is 10.4. The van der Waals surface area contributed by atoms with Crippen LogP contribution in [0.4, 0.5) is 0 Å². The first-order valence-electron chi connectivity index (χ1n) is 7.92. The monoisotopic (exact) mass is 340 g/mol. The van der Waals surface area contributed by atoms with E-state index in [9.17, 15) is 5.11 Å². The smallest absolute Gasteiger partial charge is 0.0831 e. The Labute approximate surface area is 148 Å². The predicted octanol–water partition coefficient (Wildman–Crippen LogP) is 4.04. The van der Waals surface area contributed by atoms with Gasteiger partial charge in [-0.25, -0.2) is 0 Å². The third kappa shape index (κ3) is 4.28. The lowest BCUT2D eigenvalue weighted by Crippen LogP contribution is -2.20. The number of likely N-dealkylation sites (N-methyl/N-ethyl adjacent to an activating group) is 1. The normalized spacial score (nSPS) is 18.8. The molecule has 1 aliphatic rings. The van der Waals surface area contributed by atoms with E-state index in [0.29, 0.717) is 12.1 Å². The molecule has 2 rings (SSSR count). The van der Waals surface area contributed by atoms with Gasteiger partial charge in [0.25, 0.3) is 0 Å². The van der Waals surface area contributed by atoms with Gasteiger partial charge in [-0.1, -0.05) is 48.6 Å². The van der Waals surface area contributed by atoms with Crippen LogP contribution in [-0.2, 0) is 0 Å². The van der Waals surface area contributed by atoms with Gasteiger partial charge in [-0.3, -0.25) is 0 Å². The fourth-order valence-electron chi connectivity index (χ4n) is 2.63. The average molecular weight is 340 g/mol.